The number of halogens is 4. The predicted molar refractivity (Wildman–Crippen MR) is 166 cm³/mol. The SMILES string of the molecule is CCCCCCCCCOc1cnc(-c2ccc(C(=O)Oc3ccc(C(=O)OC(CCCCCC)C(F)(F)F)c(F)c3)cc2)nc1. The monoisotopic (exact) mass is 646 g/mol. The summed E-state index contributed by atoms with van der Waals surface area (Å²) in [5.74, 6) is -2.65. The average molecular weight is 647 g/mol. The Labute approximate surface area is 267 Å². The smallest absolute Gasteiger partial charge is 0.425 e. The van der Waals surface area contributed by atoms with Crippen molar-refractivity contribution in [3.8, 4) is 22.9 Å². The van der Waals surface area contributed by atoms with Gasteiger partial charge in [0.1, 0.15) is 11.6 Å². The summed E-state index contributed by atoms with van der Waals surface area (Å²) in [7, 11) is 0. The molecule has 2 aromatic carbocycles. The Balaban J connectivity index is 1.51. The second kappa shape index (κ2) is 18.8. The maximum Gasteiger partial charge on any atom is 0.425 e. The fraction of sp³-hybridized carbons (Fsp3) is 0.486. The van der Waals surface area contributed by atoms with E-state index in [0.29, 0.717) is 30.2 Å². The van der Waals surface area contributed by atoms with Crippen LogP contribution in [0.4, 0.5) is 17.6 Å². The first-order chi connectivity index (χ1) is 22.1. The van der Waals surface area contributed by atoms with E-state index in [1.165, 1.54) is 44.2 Å². The van der Waals surface area contributed by atoms with Crippen LogP contribution in [-0.2, 0) is 4.74 Å². The molecule has 46 heavy (non-hydrogen) atoms. The first-order valence-corrected chi connectivity index (χ1v) is 16.0. The van der Waals surface area contributed by atoms with Crippen LogP contribution in [0.1, 0.15) is 112 Å². The number of carbonyl (C=O) groups excluding carboxylic acids is 2. The molecule has 3 rings (SSSR count). The van der Waals surface area contributed by atoms with Gasteiger partial charge in [0.25, 0.3) is 0 Å². The van der Waals surface area contributed by atoms with E-state index in [4.69, 9.17) is 9.47 Å². The lowest BCUT2D eigenvalue weighted by molar-refractivity contribution is -0.206. The van der Waals surface area contributed by atoms with Gasteiger partial charge in [0, 0.05) is 11.6 Å². The number of esters is 2. The highest BCUT2D eigenvalue weighted by atomic mass is 19.4. The molecule has 1 aromatic heterocycles. The molecule has 7 nitrogen and oxygen atoms in total. The maximum absolute atomic E-state index is 14.7. The van der Waals surface area contributed by atoms with Crippen LogP contribution in [0.25, 0.3) is 11.4 Å². The fourth-order valence-corrected chi connectivity index (χ4v) is 4.67. The predicted octanol–water partition coefficient (Wildman–Crippen LogP) is 9.69. The average Bonchev–Trinajstić information content (AvgIpc) is 3.03. The summed E-state index contributed by atoms with van der Waals surface area (Å²) in [6.45, 7) is 4.72. The molecule has 0 saturated carbocycles. The van der Waals surface area contributed by atoms with Crippen molar-refractivity contribution < 1.29 is 41.4 Å². The summed E-state index contributed by atoms with van der Waals surface area (Å²) in [6.07, 6.45) is 6.38. The maximum atomic E-state index is 14.7. The number of rotatable bonds is 19. The third-order valence-corrected chi connectivity index (χ3v) is 7.33. The number of aromatic nitrogens is 2. The number of alkyl halides is 3. The van der Waals surface area contributed by atoms with Crippen molar-refractivity contribution in [2.24, 2.45) is 0 Å². The lowest BCUT2D eigenvalue weighted by Gasteiger charge is -2.21. The van der Waals surface area contributed by atoms with Crippen LogP contribution in [-0.4, -0.2) is 40.8 Å². The summed E-state index contributed by atoms with van der Waals surface area (Å²) in [6, 6.07) is 9.03. The van der Waals surface area contributed by atoms with Gasteiger partial charge >= 0.3 is 18.1 Å². The number of benzene rings is 2. The van der Waals surface area contributed by atoms with Crippen LogP contribution < -0.4 is 9.47 Å². The molecule has 0 amide bonds. The molecule has 1 atom stereocenters. The zero-order valence-corrected chi connectivity index (χ0v) is 26.4. The van der Waals surface area contributed by atoms with Crippen molar-refractivity contribution in [1.29, 1.82) is 0 Å². The number of ether oxygens (including phenoxy) is 3. The van der Waals surface area contributed by atoms with Crippen molar-refractivity contribution in [2.75, 3.05) is 6.61 Å². The second-order valence-corrected chi connectivity index (χ2v) is 11.1. The topological polar surface area (TPSA) is 87.6 Å². The molecule has 11 heteroatoms. The Hall–Kier alpha value is -4.02. The first kappa shape index (κ1) is 36.4. The van der Waals surface area contributed by atoms with Gasteiger partial charge in [-0.15, -0.1) is 0 Å². The van der Waals surface area contributed by atoms with Crippen LogP contribution in [0, 0.1) is 5.82 Å². The molecular weight excluding hydrogens is 604 g/mol. The third-order valence-electron chi connectivity index (χ3n) is 7.33. The Bertz CT molecular complexity index is 1360. The molecule has 0 N–H and O–H groups in total. The van der Waals surface area contributed by atoms with Crippen LogP contribution in [0.15, 0.2) is 54.9 Å². The van der Waals surface area contributed by atoms with E-state index in [2.05, 4.69) is 21.6 Å². The Morgan fingerprint density at radius 3 is 1.98 bits per heavy atom. The molecule has 0 aliphatic carbocycles. The summed E-state index contributed by atoms with van der Waals surface area (Å²) in [5, 5.41) is 0. The quantitative estimate of drug-likeness (QED) is 0.0555. The van der Waals surface area contributed by atoms with Crippen LogP contribution in [0.2, 0.25) is 0 Å². The molecule has 250 valence electrons. The van der Waals surface area contributed by atoms with E-state index in [1.807, 2.05) is 6.92 Å². The van der Waals surface area contributed by atoms with Gasteiger partial charge in [-0.1, -0.05) is 83.8 Å². The Morgan fingerprint density at radius 1 is 0.761 bits per heavy atom. The molecule has 0 aliphatic heterocycles. The van der Waals surface area contributed by atoms with E-state index < -0.39 is 42.0 Å². The normalized spacial score (nSPS) is 12.0. The van der Waals surface area contributed by atoms with Gasteiger partial charge in [-0.3, -0.25) is 0 Å². The highest BCUT2D eigenvalue weighted by Gasteiger charge is 2.42. The molecule has 0 aliphatic rings. The summed E-state index contributed by atoms with van der Waals surface area (Å²) < 4.78 is 70.3. The zero-order chi connectivity index (χ0) is 33.4. The van der Waals surface area contributed by atoms with E-state index in [1.54, 1.807) is 24.5 Å². The molecule has 0 bridgehead atoms. The van der Waals surface area contributed by atoms with E-state index in [-0.39, 0.29) is 17.7 Å². The summed E-state index contributed by atoms with van der Waals surface area (Å²) in [5.41, 5.74) is 0.103. The van der Waals surface area contributed by atoms with Crippen LogP contribution in [0.3, 0.4) is 0 Å². The highest BCUT2D eigenvalue weighted by molar-refractivity contribution is 5.92. The second-order valence-electron chi connectivity index (χ2n) is 11.1. The van der Waals surface area contributed by atoms with E-state index >= 15 is 0 Å². The van der Waals surface area contributed by atoms with Gasteiger partial charge in [0.15, 0.2) is 17.7 Å². The van der Waals surface area contributed by atoms with Gasteiger partial charge in [0.2, 0.25) is 0 Å². The van der Waals surface area contributed by atoms with Gasteiger partial charge in [-0.25, -0.2) is 23.9 Å². The number of hydrogen-bond donors (Lipinski definition) is 0. The summed E-state index contributed by atoms with van der Waals surface area (Å²) >= 11 is 0. The number of unbranched alkanes of at least 4 members (excludes halogenated alkanes) is 9. The molecule has 0 spiro atoms. The van der Waals surface area contributed by atoms with E-state index in [9.17, 15) is 27.2 Å². The van der Waals surface area contributed by atoms with Gasteiger partial charge in [-0.05, 0) is 43.5 Å². The third kappa shape index (κ3) is 12.1. The molecule has 0 fully saturated rings. The fourth-order valence-electron chi connectivity index (χ4n) is 4.67. The first-order valence-electron chi connectivity index (χ1n) is 16.0. The molecular formula is C35H42F4N2O5. The van der Waals surface area contributed by atoms with Crippen molar-refractivity contribution in [3.05, 3.63) is 71.8 Å². The number of carbonyl (C=O) groups is 2. The standard InChI is InChI=1S/C35H42F4N2O5/c1-3-5-7-9-10-11-13-21-44-28-23-40-32(41-24-28)25-15-17-26(18-16-25)33(42)45-27-19-20-29(30(36)22-27)34(43)46-31(35(37,38)39)14-12-8-6-4-2/h15-20,22-24,31H,3-14,21H2,1-2H3. The van der Waals surface area contributed by atoms with Crippen molar-refractivity contribution in [3.63, 3.8) is 0 Å². The molecule has 3 aromatic rings. The minimum absolute atomic E-state index is 0.151. The van der Waals surface area contributed by atoms with Crippen molar-refractivity contribution >= 4 is 11.9 Å². The summed E-state index contributed by atoms with van der Waals surface area (Å²) in [4.78, 5) is 33.7. The molecule has 1 unspecified atom stereocenters. The van der Waals surface area contributed by atoms with Gasteiger partial charge < -0.3 is 14.2 Å². The minimum Gasteiger partial charge on any atom is -0.490 e. The highest BCUT2D eigenvalue weighted by Crippen LogP contribution is 2.29. The Morgan fingerprint density at radius 2 is 1.37 bits per heavy atom. The van der Waals surface area contributed by atoms with Crippen LogP contribution in [0.5, 0.6) is 11.5 Å². The van der Waals surface area contributed by atoms with E-state index in [0.717, 1.165) is 43.9 Å². The lowest BCUT2D eigenvalue weighted by Crippen LogP contribution is -2.34. The van der Waals surface area contributed by atoms with Gasteiger partial charge in [-0.2, -0.15) is 13.2 Å². The number of nitrogens with zero attached hydrogens (tertiary/aromatic N) is 2. The largest absolute Gasteiger partial charge is 0.490 e. The zero-order valence-electron chi connectivity index (χ0n) is 26.4. The molecule has 0 saturated heterocycles. The van der Waals surface area contributed by atoms with Crippen LogP contribution >= 0.6 is 0 Å². The number of hydrogen-bond acceptors (Lipinski definition) is 7. The molecule has 1 heterocycles. The van der Waals surface area contributed by atoms with Gasteiger partial charge in [0.05, 0.1) is 30.1 Å². The van der Waals surface area contributed by atoms with Crippen molar-refractivity contribution in [2.45, 2.75) is 103 Å². The molecule has 0 radical (unpaired) electrons. The Kier molecular flexibility index (Phi) is 14.9. The lowest BCUT2D eigenvalue weighted by atomic mass is 10.1. The van der Waals surface area contributed by atoms with Crippen molar-refractivity contribution in [1.82, 2.24) is 9.97 Å². The minimum atomic E-state index is -4.78.